The van der Waals surface area contributed by atoms with Gasteiger partial charge < -0.3 is 25.7 Å². The number of aromatic carboxylic acids is 2. The molecule has 0 unspecified atom stereocenters. The van der Waals surface area contributed by atoms with Crippen LogP contribution < -0.4 is 16.0 Å². The maximum atomic E-state index is 14.3. The van der Waals surface area contributed by atoms with Gasteiger partial charge in [-0.15, -0.1) is 0 Å². The Morgan fingerprint density at radius 2 is 1.64 bits per heavy atom. The van der Waals surface area contributed by atoms with Crippen molar-refractivity contribution >= 4 is 17.8 Å². The second-order valence-corrected chi connectivity index (χ2v) is 4.67. The molecule has 0 saturated heterocycles. The Balaban J connectivity index is 3.17. The summed E-state index contributed by atoms with van der Waals surface area (Å²) in [6.45, 7) is 0. The number of methoxy groups -OCH3 is 1. The third-order valence-electron chi connectivity index (χ3n) is 3.27. The monoisotopic (exact) mass is 358 g/mol. The summed E-state index contributed by atoms with van der Waals surface area (Å²) < 4.78 is 46.0. The number of aromatic amines is 1. The summed E-state index contributed by atoms with van der Waals surface area (Å²) in [5.41, 5.74) is -0.335. The van der Waals surface area contributed by atoms with Gasteiger partial charge in [-0.2, -0.15) is 0 Å². The number of halogens is 3. The maximum absolute atomic E-state index is 14.3. The lowest BCUT2D eigenvalue weighted by Gasteiger charge is -2.16. The zero-order chi connectivity index (χ0) is 19.0. The topological polar surface area (TPSA) is 143 Å². The van der Waals surface area contributed by atoms with Crippen molar-refractivity contribution in [1.82, 2.24) is 4.98 Å². The SMILES string of the molecule is COc1cc(F)c(F)c(F)c1-c1c(C(=O)O)c(N)[nH]c(=O)c1C(=O)O. The lowest BCUT2D eigenvalue weighted by atomic mass is 9.94. The predicted octanol–water partition coefficient (Wildman–Crippen LogP) is 1.45. The van der Waals surface area contributed by atoms with Crippen LogP contribution in [0.1, 0.15) is 20.7 Å². The molecule has 11 heteroatoms. The molecule has 2 aromatic rings. The first-order valence-corrected chi connectivity index (χ1v) is 6.35. The van der Waals surface area contributed by atoms with E-state index in [4.69, 9.17) is 5.73 Å². The molecule has 132 valence electrons. The van der Waals surface area contributed by atoms with Crippen LogP contribution in [0, 0.1) is 17.5 Å². The molecule has 0 amide bonds. The first-order valence-electron chi connectivity index (χ1n) is 6.35. The van der Waals surface area contributed by atoms with Crippen molar-refractivity contribution in [3.8, 4) is 16.9 Å². The number of H-pyrrole nitrogens is 1. The van der Waals surface area contributed by atoms with Crippen LogP contribution in [-0.4, -0.2) is 34.2 Å². The van der Waals surface area contributed by atoms with Crippen LogP contribution in [0.25, 0.3) is 11.1 Å². The highest BCUT2D eigenvalue weighted by molar-refractivity contribution is 6.08. The minimum Gasteiger partial charge on any atom is -0.496 e. The number of rotatable bonds is 4. The van der Waals surface area contributed by atoms with Crippen LogP contribution in [-0.2, 0) is 0 Å². The zero-order valence-corrected chi connectivity index (χ0v) is 12.3. The van der Waals surface area contributed by atoms with E-state index in [9.17, 15) is 37.8 Å². The molecule has 0 radical (unpaired) electrons. The lowest BCUT2D eigenvalue weighted by molar-refractivity contribution is 0.0695. The van der Waals surface area contributed by atoms with Crippen molar-refractivity contribution in [2.24, 2.45) is 0 Å². The van der Waals surface area contributed by atoms with Crippen LogP contribution in [0.5, 0.6) is 5.75 Å². The number of pyridine rings is 1. The van der Waals surface area contributed by atoms with Gasteiger partial charge >= 0.3 is 11.9 Å². The van der Waals surface area contributed by atoms with Gasteiger partial charge in [0.2, 0.25) is 0 Å². The number of aromatic nitrogens is 1. The number of ether oxygens (including phenoxy) is 1. The van der Waals surface area contributed by atoms with Crippen molar-refractivity contribution < 1.29 is 37.7 Å². The minimum atomic E-state index is -2.01. The molecule has 2 rings (SSSR count). The Labute approximate surface area is 136 Å². The van der Waals surface area contributed by atoms with Crippen LogP contribution >= 0.6 is 0 Å². The number of nitrogens with two attached hydrogens (primary N) is 1. The predicted molar refractivity (Wildman–Crippen MR) is 77.3 cm³/mol. The van der Waals surface area contributed by atoms with Gasteiger partial charge in [-0.3, -0.25) is 4.79 Å². The van der Waals surface area contributed by atoms with Gasteiger partial charge in [0.25, 0.3) is 5.56 Å². The fourth-order valence-corrected chi connectivity index (χ4v) is 2.26. The Hall–Kier alpha value is -3.50. The van der Waals surface area contributed by atoms with E-state index in [0.717, 1.165) is 7.11 Å². The average molecular weight is 358 g/mol. The number of carbonyl (C=O) groups is 2. The second kappa shape index (κ2) is 6.19. The molecular weight excluding hydrogens is 349 g/mol. The van der Waals surface area contributed by atoms with E-state index in [0.29, 0.717) is 6.07 Å². The highest BCUT2D eigenvalue weighted by Crippen LogP contribution is 2.39. The maximum Gasteiger partial charge on any atom is 0.342 e. The first-order chi connectivity index (χ1) is 11.6. The molecule has 0 aliphatic rings. The smallest absolute Gasteiger partial charge is 0.342 e. The lowest BCUT2D eigenvalue weighted by Crippen LogP contribution is -2.24. The summed E-state index contributed by atoms with van der Waals surface area (Å²) in [6, 6.07) is 0.377. The summed E-state index contributed by atoms with van der Waals surface area (Å²) in [7, 11) is 0.924. The second-order valence-electron chi connectivity index (χ2n) is 4.67. The fourth-order valence-electron chi connectivity index (χ4n) is 2.26. The van der Waals surface area contributed by atoms with Crippen LogP contribution in [0.4, 0.5) is 19.0 Å². The van der Waals surface area contributed by atoms with E-state index in [1.54, 1.807) is 4.98 Å². The van der Waals surface area contributed by atoms with Gasteiger partial charge in [0.15, 0.2) is 17.5 Å². The number of hydrogen-bond donors (Lipinski definition) is 4. The molecule has 0 aliphatic heterocycles. The number of carboxylic acids is 2. The largest absolute Gasteiger partial charge is 0.496 e. The average Bonchev–Trinajstić information content (AvgIpc) is 2.50. The molecule has 0 aliphatic carbocycles. The number of nitrogen functional groups attached to an aromatic ring is 1. The molecule has 5 N–H and O–H groups in total. The van der Waals surface area contributed by atoms with Crippen molar-refractivity contribution in [3.05, 3.63) is 45.0 Å². The molecule has 0 atom stereocenters. The van der Waals surface area contributed by atoms with E-state index in [-0.39, 0.29) is 0 Å². The van der Waals surface area contributed by atoms with Crippen molar-refractivity contribution in [3.63, 3.8) is 0 Å². The number of benzene rings is 1. The van der Waals surface area contributed by atoms with Crippen LogP contribution in [0.15, 0.2) is 10.9 Å². The summed E-state index contributed by atoms with van der Waals surface area (Å²) >= 11 is 0. The summed E-state index contributed by atoms with van der Waals surface area (Å²) in [5.74, 6) is -10.9. The highest BCUT2D eigenvalue weighted by Gasteiger charge is 2.32. The quantitative estimate of drug-likeness (QED) is 0.606. The number of hydrogen-bond acceptors (Lipinski definition) is 5. The number of nitrogens with one attached hydrogen (secondary N) is 1. The molecule has 1 aromatic carbocycles. The normalized spacial score (nSPS) is 10.6. The van der Waals surface area contributed by atoms with E-state index >= 15 is 0 Å². The van der Waals surface area contributed by atoms with Crippen molar-refractivity contribution in [1.29, 1.82) is 0 Å². The Bertz CT molecular complexity index is 970. The van der Waals surface area contributed by atoms with Crippen LogP contribution in [0.2, 0.25) is 0 Å². The van der Waals surface area contributed by atoms with E-state index in [1.807, 2.05) is 0 Å². The number of anilines is 1. The zero-order valence-electron chi connectivity index (χ0n) is 12.3. The summed E-state index contributed by atoms with van der Waals surface area (Å²) in [4.78, 5) is 36.5. The first kappa shape index (κ1) is 17.8. The molecular formula is C14H9F3N2O6. The van der Waals surface area contributed by atoms with Crippen molar-refractivity contribution in [2.45, 2.75) is 0 Å². The highest BCUT2D eigenvalue weighted by atomic mass is 19.2. The molecule has 0 bridgehead atoms. The fraction of sp³-hybridized carbons (Fsp3) is 0.0714. The molecule has 1 aromatic heterocycles. The van der Waals surface area contributed by atoms with Crippen molar-refractivity contribution in [2.75, 3.05) is 12.8 Å². The third-order valence-corrected chi connectivity index (χ3v) is 3.27. The Morgan fingerprint density at radius 1 is 1.08 bits per heavy atom. The molecule has 0 fully saturated rings. The van der Waals surface area contributed by atoms with Crippen LogP contribution in [0.3, 0.4) is 0 Å². The summed E-state index contributed by atoms with van der Waals surface area (Å²) in [6.07, 6.45) is 0. The summed E-state index contributed by atoms with van der Waals surface area (Å²) in [5, 5.41) is 18.5. The van der Waals surface area contributed by atoms with Gasteiger partial charge in [-0.05, 0) is 0 Å². The van der Waals surface area contributed by atoms with Gasteiger partial charge in [0.1, 0.15) is 22.7 Å². The van der Waals surface area contributed by atoms with E-state index in [2.05, 4.69) is 4.74 Å². The van der Waals surface area contributed by atoms with Gasteiger partial charge in [0, 0.05) is 11.6 Å². The molecule has 0 spiro atoms. The number of carboxylic acid groups (broad SMARTS) is 2. The van der Waals surface area contributed by atoms with E-state index < -0.39 is 68.8 Å². The molecule has 1 heterocycles. The van der Waals surface area contributed by atoms with Gasteiger partial charge in [-0.25, -0.2) is 22.8 Å². The Kier molecular flexibility index (Phi) is 4.42. The van der Waals surface area contributed by atoms with E-state index in [1.165, 1.54) is 0 Å². The third kappa shape index (κ3) is 2.75. The standard InChI is InChI=1S/C14H9F3N2O6/c1-25-4-2-3(15)9(16)10(17)5(4)6-7(13(21)22)11(18)19-12(20)8(6)14(23)24/h2H,1H3,(H,21,22)(H,23,24)(H3,18,19,20). The van der Waals surface area contributed by atoms with Gasteiger partial charge in [0.05, 0.1) is 12.7 Å². The minimum absolute atomic E-state index is 0.377. The Morgan fingerprint density at radius 3 is 2.12 bits per heavy atom. The molecule has 8 nitrogen and oxygen atoms in total. The van der Waals surface area contributed by atoms with Gasteiger partial charge in [-0.1, -0.05) is 0 Å². The molecule has 25 heavy (non-hydrogen) atoms. The molecule has 0 saturated carbocycles.